The lowest BCUT2D eigenvalue weighted by Crippen LogP contribution is -1.72. The zero-order chi connectivity index (χ0) is 5.82. The number of rotatable bonds is 2. The molecule has 1 unspecified atom stereocenters. The summed E-state index contributed by atoms with van der Waals surface area (Å²) in [6.45, 7) is 0. The van der Waals surface area contributed by atoms with Gasteiger partial charge in [0.1, 0.15) is 0 Å². The summed E-state index contributed by atoms with van der Waals surface area (Å²) in [5.74, 6) is 0.778. The van der Waals surface area contributed by atoms with Gasteiger partial charge in [-0.2, -0.15) is 0 Å². The smallest absolute Gasteiger partial charge is 0.231 e. The number of ether oxygens (including phenoxy) is 1. The maximum atomic E-state index is 4.90. The normalized spacial score (nSPS) is 11.9. The maximum absolute atomic E-state index is 4.90. The van der Waals surface area contributed by atoms with E-state index in [-0.39, 0.29) is 10.5 Å². The van der Waals surface area contributed by atoms with E-state index in [1.165, 1.54) is 0 Å². The molecule has 0 fully saturated rings. The fourth-order valence-electron chi connectivity index (χ4n) is 0.468. The van der Waals surface area contributed by atoms with Crippen LogP contribution in [-0.4, -0.2) is 12.1 Å². The molecule has 44 valence electrons. The SMILES string of the molecule is COC[s+]1ccnc1. The van der Waals surface area contributed by atoms with E-state index in [0.717, 1.165) is 5.94 Å². The molecule has 0 amide bonds. The van der Waals surface area contributed by atoms with Gasteiger partial charge in [0.25, 0.3) is 0 Å². The van der Waals surface area contributed by atoms with Crippen LogP contribution in [0.1, 0.15) is 0 Å². The molecule has 2 nitrogen and oxygen atoms in total. The molecule has 1 rings (SSSR count). The van der Waals surface area contributed by atoms with Crippen molar-refractivity contribution in [1.29, 1.82) is 0 Å². The predicted molar refractivity (Wildman–Crippen MR) is 33.7 cm³/mol. The van der Waals surface area contributed by atoms with Crippen molar-refractivity contribution in [3.8, 4) is 0 Å². The van der Waals surface area contributed by atoms with Gasteiger partial charge in [-0.15, -0.1) is 0 Å². The van der Waals surface area contributed by atoms with Crippen LogP contribution in [0.5, 0.6) is 0 Å². The van der Waals surface area contributed by atoms with Crippen molar-refractivity contribution in [3.63, 3.8) is 0 Å². The number of hydrogen-bond acceptors (Lipinski definition) is 2. The van der Waals surface area contributed by atoms with Gasteiger partial charge in [-0.1, -0.05) is 0 Å². The molecule has 3 heteroatoms. The Balaban J connectivity index is 2.50. The van der Waals surface area contributed by atoms with Gasteiger partial charge in [0.05, 0.1) is 6.20 Å². The van der Waals surface area contributed by atoms with Crippen molar-refractivity contribution in [1.82, 2.24) is 4.98 Å². The van der Waals surface area contributed by atoms with Crippen LogP contribution in [0.15, 0.2) is 17.1 Å². The first-order valence-electron chi connectivity index (χ1n) is 2.31. The van der Waals surface area contributed by atoms with Crippen LogP contribution in [-0.2, 0) is 10.7 Å². The first kappa shape index (κ1) is 5.72. The lowest BCUT2D eigenvalue weighted by Gasteiger charge is -1.80. The summed E-state index contributed by atoms with van der Waals surface area (Å²) < 4.78 is 4.90. The van der Waals surface area contributed by atoms with E-state index in [9.17, 15) is 0 Å². The number of aromatic nitrogens is 1. The second-order valence-electron chi connectivity index (χ2n) is 1.42. The third-order valence-electron chi connectivity index (χ3n) is 0.772. The standard InChI is InChI=1S/C5H8NOS/c1-7-5-8-3-2-6-4-8/h2-4H,5H2,1H3/q+1. The fourth-order valence-corrected chi connectivity index (χ4v) is 1.40. The summed E-state index contributed by atoms with van der Waals surface area (Å²) in [6, 6.07) is 0. The minimum atomic E-state index is 0.178. The monoisotopic (exact) mass is 130 g/mol. The summed E-state index contributed by atoms with van der Waals surface area (Å²) >= 11 is 0. The van der Waals surface area contributed by atoms with E-state index >= 15 is 0 Å². The Morgan fingerprint density at radius 3 is 3.12 bits per heavy atom. The Kier molecular flexibility index (Phi) is 2.00. The molecule has 0 aliphatic rings. The highest BCUT2D eigenvalue weighted by molar-refractivity contribution is 7.27. The predicted octanol–water partition coefficient (Wildman–Crippen LogP) is 1.43. The minimum absolute atomic E-state index is 0.178. The molecule has 0 radical (unpaired) electrons. The summed E-state index contributed by atoms with van der Waals surface area (Å²) in [6.07, 6.45) is 1.81. The maximum Gasteiger partial charge on any atom is 0.231 e. The molecule has 0 aliphatic carbocycles. The Morgan fingerprint density at radius 1 is 1.75 bits per heavy atom. The number of hydrogen-bond donors (Lipinski definition) is 0. The summed E-state index contributed by atoms with van der Waals surface area (Å²) in [5.41, 5.74) is 1.91. The molecule has 0 aromatic carbocycles. The van der Waals surface area contributed by atoms with E-state index < -0.39 is 0 Å². The third-order valence-corrected chi connectivity index (χ3v) is 2.14. The first-order valence-corrected chi connectivity index (χ1v) is 3.83. The van der Waals surface area contributed by atoms with Gasteiger partial charge < -0.3 is 4.74 Å². The summed E-state index contributed by atoms with van der Waals surface area (Å²) in [5, 5.41) is 2.05. The van der Waals surface area contributed by atoms with Crippen molar-refractivity contribution < 1.29 is 4.74 Å². The average molecular weight is 130 g/mol. The van der Waals surface area contributed by atoms with Crippen LogP contribution < -0.4 is 0 Å². The molecular weight excluding hydrogens is 122 g/mol. The summed E-state index contributed by atoms with van der Waals surface area (Å²) in [4.78, 5) is 3.91. The molecule has 1 atom stereocenters. The molecule has 8 heavy (non-hydrogen) atoms. The van der Waals surface area contributed by atoms with Gasteiger partial charge in [-0.05, 0) is 0 Å². The largest absolute Gasteiger partial charge is 0.336 e. The molecule has 0 N–H and O–H groups in total. The number of thiazole rings is 1. The highest BCUT2D eigenvalue weighted by Crippen LogP contribution is 2.14. The highest BCUT2D eigenvalue weighted by atomic mass is 32.2. The molecule has 0 bridgehead atoms. The lowest BCUT2D eigenvalue weighted by atomic mass is 11.0. The van der Waals surface area contributed by atoms with Crippen LogP contribution in [0.25, 0.3) is 0 Å². The molecule has 0 saturated heterocycles. The average Bonchev–Trinajstić information content (AvgIpc) is 2.19. The van der Waals surface area contributed by atoms with Crippen molar-refractivity contribution in [2.24, 2.45) is 0 Å². The van der Waals surface area contributed by atoms with Crippen LogP contribution in [0.3, 0.4) is 0 Å². The quantitative estimate of drug-likeness (QED) is 0.565. The van der Waals surface area contributed by atoms with Crippen LogP contribution >= 0.6 is 10.5 Å². The van der Waals surface area contributed by atoms with Gasteiger partial charge >= 0.3 is 0 Å². The molecule has 0 spiro atoms. The minimum Gasteiger partial charge on any atom is -0.336 e. The first-order chi connectivity index (χ1) is 3.93. The molecule has 1 heterocycles. The van der Waals surface area contributed by atoms with Gasteiger partial charge in [0, 0.05) is 17.6 Å². The van der Waals surface area contributed by atoms with Gasteiger partial charge in [-0.25, -0.2) is 4.98 Å². The lowest BCUT2D eigenvalue weighted by molar-refractivity contribution is 0.216. The van der Waals surface area contributed by atoms with Gasteiger partial charge in [0.15, 0.2) is 5.38 Å². The number of nitrogens with zero attached hydrogens (tertiary/aromatic N) is 1. The Bertz CT molecular complexity index is 138. The topological polar surface area (TPSA) is 22.1 Å². The second kappa shape index (κ2) is 2.79. The van der Waals surface area contributed by atoms with E-state index in [1.54, 1.807) is 7.11 Å². The van der Waals surface area contributed by atoms with Crippen LogP contribution in [0, 0.1) is 0 Å². The van der Waals surface area contributed by atoms with Crippen molar-refractivity contribution in [2.45, 2.75) is 5.94 Å². The van der Waals surface area contributed by atoms with Crippen molar-refractivity contribution >= 4 is 10.5 Å². The van der Waals surface area contributed by atoms with E-state index in [2.05, 4.69) is 4.98 Å². The Labute approximate surface area is 51.1 Å². The molecule has 1 aromatic heterocycles. The Hall–Kier alpha value is -0.410. The summed E-state index contributed by atoms with van der Waals surface area (Å²) in [7, 11) is 1.88. The van der Waals surface area contributed by atoms with E-state index in [0.29, 0.717) is 0 Å². The molecule has 0 saturated carbocycles. The number of methoxy groups -OCH3 is 1. The van der Waals surface area contributed by atoms with Crippen LogP contribution in [0.4, 0.5) is 0 Å². The molecular formula is C5H8NOS+. The van der Waals surface area contributed by atoms with Crippen LogP contribution in [0.2, 0.25) is 0 Å². The fraction of sp³-hybridized carbons (Fsp3) is 0.400. The van der Waals surface area contributed by atoms with Gasteiger partial charge in [-0.3, -0.25) is 0 Å². The van der Waals surface area contributed by atoms with Crippen molar-refractivity contribution in [3.05, 3.63) is 17.1 Å². The van der Waals surface area contributed by atoms with E-state index in [1.807, 2.05) is 17.1 Å². The molecule has 1 aromatic rings. The van der Waals surface area contributed by atoms with Gasteiger partial charge in [0.2, 0.25) is 11.4 Å². The highest BCUT2D eigenvalue weighted by Gasteiger charge is 1.97. The van der Waals surface area contributed by atoms with E-state index in [4.69, 9.17) is 4.74 Å². The third kappa shape index (κ3) is 1.28. The zero-order valence-electron chi connectivity index (χ0n) is 4.70. The Morgan fingerprint density at radius 2 is 2.62 bits per heavy atom. The molecule has 0 aliphatic heterocycles. The second-order valence-corrected chi connectivity index (χ2v) is 3.07. The zero-order valence-corrected chi connectivity index (χ0v) is 5.52. The van der Waals surface area contributed by atoms with Crippen molar-refractivity contribution in [2.75, 3.05) is 7.11 Å².